The average Bonchev–Trinajstić information content (AvgIpc) is 3.38. The van der Waals surface area contributed by atoms with Crippen molar-refractivity contribution < 1.29 is 13.9 Å². The maximum Gasteiger partial charge on any atom is 0.261 e. The molecule has 0 bridgehead atoms. The number of fused-ring (bicyclic) bond motifs is 1. The molecule has 2 aliphatic rings. The number of rotatable bonds is 3. The fourth-order valence-corrected chi connectivity index (χ4v) is 2.67. The maximum atomic E-state index is 13.0. The molecule has 23 heavy (non-hydrogen) atoms. The van der Waals surface area contributed by atoms with Crippen LogP contribution in [-0.2, 0) is 0 Å². The fraction of sp³-hybridized carbons (Fsp3) is 0.353. The summed E-state index contributed by atoms with van der Waals surface area (Å²) < 4.78 is 18.7. The molecular formula is C17H16FN3O2. The van der Waals surface area contributed by atoms with E-state index in [1.165, 1.54) is 31.2 Å². The van der Waals surface area contributed by atoms with Crippen molar-refractivity contribution in [2.45, 2.75) is 12.8 Å². The largest absolute Gasteiger partial charge is 0.475 e. The summed E-state index contributed by atoms with van der Waals surface area (Å²) in [5.74, 6) is 0.968. The summed E-state index contributed by atoms with van der Waals surface area (Å²) in [7, 11) is 0. The predicted molar refractivity (Wildman–Crippen MR) is 81.5 cm³/mol. The van der Waals surface area contributed by atoms with Crippen LogP contribution in [0.4, 0.5) is 4.39 Å². The Hall–Kier alpha value is -2.50. The third-order valence-corrected chi connectivity index (χ3v) is 4.15. The number of amides is 1. The van der Waals surface area contributed by atoms with Gasteiger partial charge in [0.05, 0.1) is 6.54 Å². The molecule has 0 saturated heterocycles. The molecule has 1 aromatic heterocycles. The Labute approximate surface area is 133 Å². The minimum absolute atomic E-state index is 0.0740. The molecule has 0 unspecified atom stereocenters. The van der Waals surface area contributed by atoms with Gasteiger partial charge in [0.15, 0.2) is 5.82 Å². The van der Waals surface area contributed by atoms with E-state index in [-0.39, 0.29) is 11.7 Å². The summed E-state index contributed by atoms with van der Waals surface area (Å²) in [5, 5.41) is 0. The fourth-order valence-electron chi connectivity index (χ4n) is 2.67. The van der Waals surface area contributed by atoms with Crippen LogP contribution in [0.5, 0.6) is 5.88 Å². The molecular weight excluding hydrogens is 297 g/mol. The number of benzene rings is 1. The molecule has 0 radical (unpaired) electrons. The van der Waals surface area contributed by atoms with Gasteiger partial charge in [0.1, 0.15) is 18.0 Å². The number of halogens is 1. The molecule has 4 rings (SSSR count). The van der Waals surface area contributed by atoms with Gasteiger partial charge < -0.3 is 9.64 Å². The van der Waals surface area contributed by atoms with Crippen LogP contribution in [0, 0.1) is 11.7 Å². The zero-order valence-corrected chi connectivity index (χ0v) is 12.5. The van der Waals surface area contributed by atoms with Crippen molar-refractivity contribution in [3.05, 3.63) is 41.8 Å². The Morgan fingerprint density at radius 1 is 1.26 bits per heavy atom. The SMILES string of the molecule is O=C1c2cnc(-c3ccc(F)cc3)nc2OCCN1CC1CC1. The Balaban J connectivity index is 1.64. The summed E-state index contributed by atoms with van der Waals surface area (Å²) in [6, 6.07) is 5.92. The van der Waals surface area contributed by atoms with Crippen molar-refractivity contribution in [2.75, 3.05) is 19.7 Å². The molecule has 1 fully saturated rings. The zero-order valence-electron chi connectivity index (χ0n) is 12.5. The topological polar surface area (TPSA) is 55.3 Å². The van der Waals surface area contributed by atoms with Crippen LogP contribution < -0.4 is 4.74 Å². The lowest BCUT2D eigenvalue weighted by Crippen LogP contribution is -2.34. The van der Waals surface area contributed by atoms with Crippen LogP contribution >= 0.6 is 0 Å². The third-order valence-electron chi connectivity index (χ3n) is 4.15. The average molecular weight is 313 g/mol. The normalized spacial score (nSPS) is 17.4. The first-order chi connectivity index (χ1) is 11.2. The van der Waals surface area contributed by atoms with Crippen molar-refractivity contribution in [3.63, 3.8) is 0 Å². The van der Waals surface area contributed by atoms with Crippen LogP contribution in [-0.4, -0.2) is 40.5 Å². The van der Waals surface area contributed by atoms with Gasteiger partial charge >= 0.3 is 0 Å². The van der Waals surface area contributed by atoms with E-state index in [0.29, 0.717) is 41.9 Å². The van der Waals surface area contributed by atoms with Gasteiger partial charge in [-0.2, -0.15) is 4.98 Å². The summed E-state index contributed by atoms with van der Waals surface area (Å²) >= 11 is 0. The lowest BCUT2D eigenvalue weighted by Gasteiger charge is -2.19. The van der Waals surface area contributed by atoms with E-state index in [2.05, 4.69) is 9.97 Å². The molecule has 1 saturated carbocycles. The second-order valence-electron chi connectivity index (χ2n) is 5.96. The van der Waals surface area contributed by atoms with E-state index >= 15 is 0 Å². The number of carbonyl (C=O) groups excluding carboxylic acids is 1. The van der Waals surface area contributed by atoms with Crippen LogP contribution in [0.25, 0.3) is 11.4 Å². The van der Waals surface area contributed by atoms with Crippen molar-refractivity contribution in [2.24, 2.45) is 5.92 Å². The highest BCUT2D eigenvalue weighted by atomic mass is 19.1. The number of nitrogens with zero attached hydrogens (tertiary/aromatic N) is 3. The number of aromatic nitrogens is 2. The summed E-state index contributed by atoms with van der Waals surface area (Å²) in [5.41, 5.74) is 1.08. The quantitative estimate of drug-likeness (QED) is 0.874. The Kier molecular flexibility index (Phi) is 3.44. The molecule has 6 heteroatoms. The number of carbonyl (C=O) groups is 1. The van der Waals surface area contributed by atoms with Crippen LogP contribution in [0.15, 0.2) is 30.5 Å². The standard InChI is InChI=1S/C17H16FN3O2/c18-13-5-3-12(4-6-13)15-19-9-14-16(20-15)23-8-7-21(17(14)22)10-11-1-2-11/h3-6,9,11H,1-2,7-8,10H2. The first kappa shape index (κ1) is 14.1. The van der Waals surface area contributed by atoms with Gasteiger partial charge in [0.2, 0.25) is 5.88 Å². The van der Waals surface area contributed by atoms with Gasteiger partial charge in [-0.05, 0) is 43.0 Å². The second-order valence-corrected chi connectivity index (χ2v) is 5.96. The highest BCUT2D eigenvalue weighted by Crippen LogP contribution is 2.31. The molecule has 2 aromatic rings. The van der Waals surface area contributed by atoms with E-state index in [4.69, 9.17) is 4.74 Å². The minimum Gasteiger partial charge on any atom is -0.475 e. The first-order valence-corrected chi connectivity index (χ1v) is 7.76. The van der Waals surface area contributed by atoms with Crippen molar-refractivity contribution >= 4 is 5.91 Å². The second kappa shape index (κ2) is 5.61. The highest BCUT2D eigenvalue weighted by molar-refractivity contribution is 5.96. The number of hydrogen-bond donors (Lipinski definition) is 0. The number of hydrogen-bond acceptors (Lipinski definition) is 4. The van der Waals surface area contributed by atoms with E-state index in [9.17, 15) is 9.18 Å². The predicted octanol–water partition coefficient (Wildman–Crippen LogP) is 2.53. The molecule has 0 atom stereocenters. The maximum absolute atomic E-state index is 13.0. The Morgan fingerprint density at radius 3 is 2.78 bits per heavy atom. The molecule has 5 nitrogen and oxygen atoms in total. The lowest BCUT2D eigenvalue weighted by atomic mass is 10.2. The molecule has 1 aliphatic heterocycles. The van der Waals surface area contributed by atoms with Gasteiger partial charge in [-0.25, -0.2) is 9.37 Å². The molecule has 1 aromatic carbocycles. The van der Waals surface area contributed by atoms with Crippen LogP contribution in [0.1, 0.15) is 23.2 Å². The molecule has 1 amide bonds. The molecule has 118 valence electrons. The molecule has 0 spiro atoms. The summed E-state index contributed by atoms with van der Waals surface area (Å²) in [4.78, 5) is 23.0. The lowest BCUT2D eigenvalue weighted by molar-refractivity contribution is 0.0747. The monoisotopic (exact) mass is 313 g/mol. The van der Waals surface area contributed by atoms with Gasteiger partial charge in [-0.1, -0.05) is 0 Å². The van der Waals surface area contributed by atoms with E-state index < -0.39 is 0 Å². The highest BCUT2D eigenvalue weighted by Gasteiger charge is 2.31. The van der Waals surface area contributed by atoms with E-state index in [1.54, 1.807) is 12.1 Å². The Bertz CT molecular complexity index is 744. The minimum atomic E-state index is -0.314. The molecule has 2 heterocycles. The summed E-state index contributed by atoms with van der Waals surface area (Å²) in [6.45, 7) is 1.77. The van der Waals surface area contributed by atoms with Gasteiger partial charge in [-0.15, -0.1) is 0 Å². The Morgan fingerprint density at radius 2 is 2.04 bits per heavy atom. The van der Waals surface area contributed by atoms with E-state index in [1.807, 2.05) is 4.90 Å². The molecule has 1 aliphatic carbocycles. The van der Waals surface area contributed by atoms with Gasteiger partial charge in [0, 0.05) is 18.3 Å². The summed E-state index contributed by atoms with van der Waals surface area (Å²) in [6.07, 6.45) is 3.89. The van der Waals surface area contributed by atoms with Crippen LogP contribution in [0.2, 0.25) is 0 Å². The third kappa shape index (κ3) is 2.88. The van der Waals surface area contributed by atoms with Crippen LogP contribution in [0.3, 0.4) is 0 Å². The molecule has 0 N–H and O–H groups in total. The first-order valence-electron chi connectivity index (χ1n) is 7.76. The van der Waals surface area contributed by atoms with Crippen molar-refractivity contribution in [3.8, 4) is 17.3 Å². The van der Waals surface area contributed by atoms with Crippen molar-refractivity contribution in [1.29, 1.82) is 0 Å². The van der Waals surface area contributed by atoms with Gasteiger partial charge in [0.25, 0.3) is 5.91 Å². The van der Waals surface area contributed by atoms with Gasteiger partial charge in [-0.3, -0.25) is 4.79 Å². The zero-order chi connectivity index (χ0) is 15.8. The number of ether oxygens (including phenoxy) is 1. The smallest absolute Gasteiger partial charge is 0.261 e. The van der Waals surface area contributed by atoms with Crippen molar-refractivity contribution in [1.82, 2.24) is 14.9 Å². The van der Waals surface area contributed by atoms with E-state index in [0.717, 1.165) is 6.54 Å².